The predicted molar refractivity (Wildman–Crippen MR) is 106 cm³/mol. The summed E-state index contributed by atoms with van der Waals surface area (Å²) in [6.45, 7) is 5.85. The number of pyridine rings is 1. The minimum Gasteiger partial charge on any atom is -0.487 e. The third-order valence-electron chi connectivity index (χ3n) is 5.69. The van der Waals surface area contributed by atoms with E-state index in [0.717, 1.165) is 57.4 Å². The first-order valence-electron chi connectivity index (χ1n) is 10.6. The first-order valence-corrected chi connectivity index (χ1v) is 10.6. The number of piperidine rings is 1. The van der Waals surface area contributed by atoms with Crippen LogP contribution in [0.15, 0.2) is 23.0 Å². The SMILES string of the molecule is CC(C)c1noc(N2CCC(OC3CCC(Oc4ccncc4F)CC3)CC2)n1. The number of rotatable bonds is 6. The van der Waals surface area contributed by atoms with Crippen LogP contribution in [-0.2, 0) is 4.74 Å². The van der Waals surface area contributed by atoms with Gasteiger partial charge in [-0.25, -0.2) is 4.39 Å². The van der Waals surface area contributed by atoms with Crippen molar-refractivity contribution in [1.82, 2.24) is 15.1 Å². The maximum Gasteiger partial charge on any atom is 0.324 e. The first-order chi connectivity index (χ1) is 14.1. The molecule has 0 N–H and O–H groups in total. The van der Waals surface area contributed by atoms with Gasteiger partial charge in [-0.2, -0.15) is 4.98 Å². The van der Waals surface area contributed by atoms with Crippen molar-refractivity contribution < 1.29 is 18.4 Å². The van der Waals surface area contributed by atoms with Gasteiger partial charge < -0.3 is 18.9 Å². The van der Waals surface area contributed by atoms with Crippen LogP contribution in [0.4, 0.5) is 10.4 Å². The van der Waals surface area contributed by atoms with Crippen LogP contribution in [0.25, 0.3) is 0 Å². The Labute approximate surface area is 170 Å². The number of hydrogen-bond acceptors (Lipinski definition) is 7. The standard InChI is InChI=1S/C21H29FN4O3/c1-14(2)20-24-21(29-25-20)26-11-8-17(9-12-26)27-15-3-5-16(6-4-15)28-19-7-10-23-13-18(19)22/h7,10,13-17H,3-6,8-9,11-12H2,1-2H3. The molecule has 3 heterocycles. The summed E-state index contributed by atoms with van der Waals surface area (Å²) in [5.74, 6) is 0.907. The lowest BCUT2D eigenvalue weighted by molar-refractivity contribution is -0.0532. The van der Waals surface area contributed by atoms with E-state index in [9.17, 15) is 4.39 Å². The Morgan fingerprint density at radius 3 is 2.41 bits per heavy atom. The van der Waals surface area contributed by atoms with Gasteiger partial charge in [0.2, 0.25) is 0 Å². The minimum atomic E-state index is -0.403. The van der Waals surface area contributed by atoms with Gasteiger partial charge in [0.05, 0.1) is 24.5 Å². The molecule has 158 valence electrons. The van der Waals surface area contributed by atoms with Crippen molar-refractivity contribution in [3.05, 3.63) is 30.1 Å². The van der Waals surface area contributed by atoms with E-state index in [0.29, 0.717) is 11.8 Å². The van der Waals surface area contributed by atoms with Crippen molar-refractivity contribution in [2.24, 2.45) is 0 Å². The van der Waals surface area contributed by atoms with Gasteiger partial charge in [0.15, 0.2) is 17.4 Å². The summed E-state index contributed by atoms with van der Waals surface area (Å²) in [5, 5.41) is 4.05. The Morgan fingerprint density at radius 1 is 1.07 bits per heavy atom. The largest absolute Gasteiger partial charge is 0.487 e. The molecule has 0 bridgehead atoms. The first kappa shape index (κ1) is 20.1. The van der Waals surface area contributed by atoms with Crippen LogP contribution in [-0.4, -0.2) is 46.5 Å². The van der Waals surface area contributed by atoms with Gasteiger partial charge in [-0.3, -0.25) is 4.98 Å². The van der Waals surface area contributed by atoms with Gasteiger partial charge in [-0.1, -0.05) is 19.0 Å². The summed E-state index contributed by atoms with van der Waals surface area (Å²) in [5.41, 5.74) is 0. The Balaban J connectivity index is 1.19. The summed E-state index contributed by atoms with van der Waals surface area (Å²) in [6, 6.07) is 2.20. The fraction of sp³-hybridized carbons (Fsp3) is 0.667. The molecule has 7 nitrogen and oxygen atoms in total. The second kappa shape index (κ2) is 9.07. The average molecular weight is 404 g/mol. The van der Waals surface area contributed by atoms with Gasteiger partial charge in [-0.15, -0.1) is 0 Å². The molecule has 1 aliphatic heterocycles. The maximum absolute atomic E-state index is 13.7. The van der Waals surface area contributed by atoms with E-state index in [1.54, 1.807) is 12.3 Å². The molecule has 0 amide bonds. The summed E-state index contributed by atoms with van der Waals surface area (Å²) in [6.07, 6.45) is 8.86. The summed E-state index contributed by atoms with van der Waals surface area (Å²) < 4.78 is 31.2. The van der Waals surface area contributed by atoms with Crippen LogP contribution in [0, 0.1) is 5.82 Å². The molecular weight excluding hydrogens is 375 g/mol. The zero-order valence-electron chi connectivity index (χ0n) is 17.1. The molecule has 2 aromatic heterocycles. The Hall–Kier alpha value is -2.22. The lowest BCUT2D eigenvalue weighted by Crippen LogP contribution is -2.39. The highest BCUT2D eigenvalue weighted by atomic mass is 19.1. The van der Waals surface area contributed by atoms with Crippen molar-refractivity contribution in [2.75, 3.05) is 18.0 Å². The van der Waals surface area contributed by atoms with Crippen LogP contribution in [0.1, 0.15) is 64.1 Å². The topological polar surface area (TPSA) is 73.5 Å². The van der Waals surface area contributed by atoms with E-state index in [1.807, 2.05) is 0 Å². The monoisotopic (exact) mass is 404 g/mol. The van der Waals surface area contributed by atoms with Crippen molar-refractivity contribution in [3.63, 3.8) is 0 Å². The molecule has 0 radical (unpaired) electrons. The zero-order chi connectivity index (χ0) is 20.2. The van der Waals surface area contributed by atoms with Crippen molar-refractivity contribution >= 4 is 6.01 Å². The van der Waals surface area contributed by atoms with Gasteiger partial charge in [0, 0.05) is 31.3 Å². The molecule has 2 fully saturated rings. The number of aromatic nitrogens is 3. The third kappa shape index (κ3) is 5.04. The Kier molecular flexibility index (Phi) is 6.28. The fourth-order valence-corrected chi connectivity index (χ4v) is 3.97. The molecular formula is C21H29FN4O3. The van der Waals surface area contributed by atoms with Crippen molar-refractivity contribution in [3.8, 4) is 5.75 Å². The lowest BCUT2D eigenvalue weighted by Gasteiger charge is -2.35. The second-order valence-corrected chi connectivity index (χ2v) is 8.24. The molecule has 8 heteroatoms. The van der Waals surface area contributed by atoms with Crippen LogP contribution >= 0.6 is 0 Å². The predicted octanol–water partition coefficient (Wildman–Crippen LogP) is 4.10. The Morgan fingerprint density at radius 2 is 1.76 bits per heavy atom. The van der Waals surface area contributed by atoms with E-state index in [4.69, 9.17) is 14.0 Å². The highest BCUT2D eigenvalue weighted by molar-refractivity contribution is 5.26. The second-order valence-electron chi connectivity index (χ2n) is 8.24. The van der Waals surface area contributed by atoms with E-state index >= 15 is 0 Å². The summed E-state index contributed by atoms with van der Waals surface area (Å²) >= 11 is 0. The average Bonchev–Trinajstić information content (AvgIpc) is 3.22. The molecule has 1 aliphatic carbocycles. The molecule has 2 aromatic rings. The zero-order valence-corrected chi connectivity index (χ0v) is 17.1. The van der Waals surface area contributed by atoms with Crippen molar-refractivity contribution in [1.29, 1.82) is 0 Å². The van der Waals surface area contributed by atoms with Crippen LogP contribution in [0.2, 0.25) is 0 Å². The molecule has 0 spiro atoms. The van der Waals surface area contributed by atoms with Crippen molar-refractivity contribution in [2.45, 2.75) is 76.6 Å². The molecule has 2 aliphatic rings. The van der Waals surface area contributed by atoms with Gasteiger partial charge >= 0.3 is 6.01 Å². The van der Waals surface area contributed by atoms with Gasteiger partial charge in [0.25, 0.3) is 0 Å². The van der Waals surface area contributed by atoms with E-state index in [2.05, 4.69) is 33.9 Å². The number of halogens is 1. The minimum absolute atomic E-state index is 0.0428. The summed E-state index contributed by atoms with van der Waals surface area (Å²) in [4.78, 5) is 10.4. The fourth-order valence-electron chi connectivity index (χ4n) is 3.97. The molecule has 29 heavy (non-hydrogen) atoms. The van der Waals surface area contributed by atoms with Gasteiger partial charge in [0.1, 0.15) is 0 Å². The number of anilines is 1. The maximum atomic E-state index is 13.7. The van der Waals surface area contributed by atoms with Gasteiger partial charge in [-0.05, 0) is 38.5 Å². The third-order valence-corrected chi connectivity index (χ3v) is 5.69. The summed E-state index contributed by atoms with van der Waals surface area (Å²) in [7, 11) is 0. The number of hydrogen-bond donors (Lipinski definition) is 0. The molecule has 0 unspecified atom stereocenters. The number of ether oxygens (including phenoxy) is 2. The van der Waals surface area contributed by atoms with Crippen LogP contribution < -0.4 is 9.64 Å². The molecule has 4 rings (SSSR count). The van der Waals surface area contributed by atoms with E-state index < -0.39 is 5.82 Å². The smallest absolute Gasteiger partial charge is 0.324 e. The molecule has 1 saturated carbocycles. The quantitative estimate of drug-likeness (QED) is 0.717. The molecule has 0 atom stereocenters. The van der Waals surface area contributed by atoms with Crippen LogP contribution in [0.5, 0.6) is 5.75 Å². The number of nitrogens with zero attached hydrogens (tertiary/aromatic N) is 4. The van der Waals surface area contributed by atoms with E-state index in [1.165, 1.54) is 6.20 Å². The molecule has 0 aromatic carbocycles. The normalized spacial score (nSPS) is 23.5. The Bertz CT molecular complexity index is 784. The van der Waals surface area contributed by atoms with E-state index in [-0.39, 0.29) is 24.2 Å². The lowest BCUT2D eigenvalue weighted by atomic mass is 9.94. The highest BCUT2D eigenvalue weighted by Gasteiger charge is 2.29. The van der Waals surface area contributed by atoms with Crippen LogP contribution in [0.3, 0.4) is 0 Å². The molecule has 1 saturated heterocycles. The highest BCUT2D eigenvalue weighted by Crippen LogP contribution is 2.29.